The molecule has 2 heterocycles. The number of amides is 3. The van der Waals surface area contributed by atoms with E-state index in [9.17, 15) is 9.59 Å². The van der Waals surface area contributed by atoms with Crippen molar-refractivity contribution in [3.05, 3.63) is 113 Å². The van der Waals surface area contributed by atoms with Crippen LogP contribution >= 0.6 is 23.2 Å². The topological polar surface area (TPSA) is 88.1 Å². The van der Waals surface area contributed by atoms with Crippen molar-refractivity contribution >= 4 is 63.2 Å². The lowest BCUT2D eigenvalue weighted by atomic mass is 10.2. The lowest BCUT2D eigenvalue weighted by molar-refractivity contribution is 0.102. The van der Waals surface area contributed by atoms with Crippen molar-refractivity contribution in [3.8, 4) is 5.69 Å². The summed E-state index contributed by atoms with van der Waals surface area (Å²) in [7, 11) is 0. The Bertz CT molecular complexity index is 1580. The molecule has 0 unspecified atom stereocenters. The quantitative estimate of drug-likeness (QED) is 0.230. The normalized spacial score (nSPS) is 10.7. The fraction of sp³-hybridized carbons (Fsp3) is 0. The first-order valence-electron chi connectivity index (χ1n) is 10.9. The van der Waals surface area contributed by atoms with Crippen LogP contribution in [0.4, 0.5) is 22.0 Å². The van der Waals surface area contributed by atoms with E-state index in [0.29, 0.717) is 32.8 Å². The van der Waals surface area contributed by atoms with Crippen LogP contribution < -0.4 is 16.0 Å². The summed E-state index contributed by atoms with van der Waals surface area (Å²) in [6, 6.07) is 24.6. The Morgan fingerprint density at radius 3 is 2.31 bits per heavy atom. The molecule has 0 radical (unpaired) electrons. The minimum atomic E-state index is -0.419. The maximum Gasteiger partial charge on any atom is 0.323 e. The molecule has 0 aliphatic carbocycles. The van der Waals surface area contributed by atoms with Gasteiger partial charge in [0.25, 0.3) is 5.91 Å². The van der Waals surface area contributed by atoms with E-state index in [4.69, 9.17) is 23.2 Å². The van der Waals surface area contributed by atoms with Crippen LogP contribution in [0.2, 0.25) is 10.0 Å². The molecule has 7 nitrogen and oxygen atoms in total. The van der Waals surface area contributed by atoms with Gasteiger partial charge in [0.2, 0.25) is 0 Å². The van der Waals surface area contributed by atoms with Gasteiger partial charge in [-0.3, -0.25) is 4.79 Å². The highest BCUT2D eigenvalue weighted by Gasteiger charge is 2.13. The highest BCUT2D eigenvalue weighted by Crippen LogP contribution is 2.27. The number of pyridine rings is 1. The SMILES string of the molecule is O=C(Nc1cccc(-n2ccc3c(NC(=O)c4ccccc4)nccc32)c1)Nc1ccc(Cl)c(Cl)c1. The molecule has 0 fully saturated rings. The number of benzene rings is 3. The summed E-state index contributed by atoms with van der Waals surface area (Å²) in [5.41, 5.74) is 3.34. The Balaban J connectivity index is 1.36. The van der Waals surface area contributed by atoms with Crippen LogP contribution in [-0.4, -0.2) is 21.5 Å². The monoisotopic (exact) mass is 515 g/mol. The zero-order chi connectivity index (χ0) is 25.1. The molecular weight excluding hydrogens is 497 g/mol. The summed E-state index contributed by atoms with van der Waals surface area (Å²) >= 11 is 11.9. The number of nitrogens with zero attached hydrogens (tertiary/aromatic N) is 2. The predicted molar refractivity (Wildman–Crippen MR) is 145 cm³/mol. The number of nitrogens with one attached hydrogen (secondary N) is 3. The average molecular weight is 516 g/mol. The number of urea groups is 1. The second kappa shape index (κ2) is 10.1. The van der Waals surface area contributed by atoms with Crippen LogP contribution in [0, 0.1) is 0 Å². The van der Waals surface area contributed by atoms with E-state index < -0.39 is 6.03 Å². The van der Waals surface area contributed by atoms with Crippen molar-refractivity contribution in [2.75, 3.05) is 16.0 Å². The third-order valence-corrected chi connectivity index (χ3v) is 6.18. The van der Waals surface area contributed by atoms with Gasteiger partial charge in [0.15, 0.2) is 0 Å². The van der Waals surface area contributed by atoms with E-state index in [0.717, 1.165) is 16.6 Å². The van der Waals surface area contributed by atoms with Gasteiger partial charge in [-0.1, -0.05) is 47.5 Å². The Labute approximate surface area is 216 Å². The molecule has 5 rings (SSSR count). The van der Waals surface area contributed by atoms with Crippen molar-refractivity contribution in [3.63, 3.8) is 0 Å². The fourth-order valence-electron chi connectivity index (χ4n) is 3.76. The van der Waals surface area contributed by atoms with Crippen molar-refractivity contribution in [2.24, 2.45) is 0 Å². The van der Waals surface area contributed by atoms with Gasteiger partial charge in [-0.2, -0.15) is 0 Å². The van der Waals surface area contributed by atoms with E-state index in [1.54, 1.807) is 42.6 Å². The maximum atomic E-state index is 12.6. The second-order valence-corrected chi connectivity index (χ2v) is 8.67. The predicted octanol–water partition coefficient (Wildman–Crippen LogP) is 7.23. The number of halogens is 2. The largest absolute Gasteiger partial charge is 0.323 e. The molecule has 0 saturated heterocycles. The van der Waals surface area contributed by atoms with E-state index in [-0.39, 0.29) is 5.91 Å². The Morgan fingerprint density at radius 2 is 1.53 bits per heavy atom. The van der Waals surface area contributed by atoms with Crippen molar-refractivity contribution < 1.29 is 9.59 Å². The summed E-state index contributed by atoms with van der Waals surface area (Å²) in [5, 5.41) is 9.99. The summed E-state index contributed by atoms with van der Waals surface area (Å²) in [4.78, 5) is 29.5. The van der Waals surface area contributed by atoms with Gasteiger partial charge < -0.3 is 20.5 Å². The van der Waals surface area contributed by atoms with Crippen LogP contribution in [0.1, 0.15) is 10.4 Å². The minimum Gasteiger partial charge on any atom is -0.316 e. The number of carbonyl (C=O) groups excluding carboxylic acids is 2. The first-order valence-corrected chi connectivity index (χ1v) is 11.7. The Hall–Kier alpha value is -4.33. The lowest BCUT2D eigenvalue weighted by Crippen LogP contribution is -2.19. The molecule has 0 saturated carbocycles. The van der Waals surface area contributed by atoms with Crippen molar-refractivity contribution in [1.82, 2.24) is 9.55 Å². The number of hydrogen-bond donors (Lipinski definition) is 3. The van der Waals surface area contributed by atoms with Crippen LogP contribution in [0.25, 0.3) is 16.6 Å². The van der Waals surface area contributed by atoms with Crippen molar-refractivity contribution in [2.45, 2.75) is 0 Å². The van der Waals surface area contributed by atoms with Gasteiger partial charge in [-0.05, 0) is 60.7 Å². The molecule has 9 heteroatoms. The fourth-order valence-corrected chi connectivity index (χ4v) is 4.06. The van der Waals surface area contributed by atoms with Gasteiger partial charge in [0.05, 0.1) is 15.6 Å². The zero-order valence-electron chi connectivity index (χ0n) is 18.7. The van der Waals surface area contributed by atoms with Gasteiger partial charge >= 0.3 is 6.03 Å². The molecule has 0 bridgehead atoms. The number of aromatic nitrogens is 2. The van der Waals surface area contributed by atoms with E-state index in [2.05, 4.69) is 20.9 Å². The molecule has 0 spiro atoms. The average Bonchev–Trinajstić information content (AvgIpc) is 3.32. The number of carbonyl (C=O) groups is 2. The van der Waals surface area contributed by atoms with Crippen LogP contribution in [0.5, 0.6) is 0 Å². The van der Waals surface area contributed by atoms with E-state index in [1.165, 1.54) is 0 Å². The molecule has 5 aromatic rings. The summed E-state index contributed by atoms with van der Waals surface area (Å²) in [5.74, 6) is 0.234. The van der Waals surface area contributed by atoms with Gasteiger partial charge in [0, 0.05) is 40.4 Å². The van der Waals surface area contributed by atoms with Gasteiger partial charge in [-0.25, -0.2) is 9.78 Å². The zero-order valence-corrected chi connectivity index (χ0v) is 20.2. The van der Waals surface area contributed by atoms with Gasteiger partial charge in [0.1, 0.15) is 5.82 Å². The van der Waals surface area contributed by atoms with Gasteiger partial charge in [-0.15, -0.1) is 0 Å². The molecule has 3 aromatic carbocycles. The lowest BCUT2D eigenvalue weighted by Gasteiger charge is -2.11. The first kappa shape index (κ1) is 23.4. The van der Waals surface area contributed by atoms with Crippen LogP contribution in [0.15, 0.2) is 97.3 Å². The third-order valence-electron chi connectivity index (χ3n) is 5.44. The molecule has 0 aliphatic rings. The van der Waals surface area contributed by atoms with Crippen molar-refractivity contribution in [1.29, 1.82) is 0 Å². The molecular formula is C27H19Cl2N5O2. The number of anilines is 3. The summed E-state index contributed by atoms with van der Waals surface area (Å²) < 4.78 is 1.96. The number of hydrogen-bond acceptors (Lipinski definition) is 3. The molecule has 0 aliphatic heterocycles. The number of fused-ring (bicyclic) bond motifs is 1. The molecule has 36 heavy (non-hydrogen) atoms. The minimum absolute atomic E-state index is 0.234. The van der Waals surface area contributed by atoms with Crippen LogP contribution in [0.3, 0.4) is 0 Å². The highest BCUT2D eigenvalue weighted by atomic mass is 35.5. The number of rotatable bonds is 5. The Morgan fingerprint density at radius 1 is 0.750 bits per heavy atom. The highest BCUT2D eigenvalue weighted by molar-refractivity contribution is 6.42. The summed E-state index contributed by atoms with van der Waals surface area (Å²) in [6.45, 7) is 0. The van der Waals surface area contributed by atoms with E-state index in [1.807, 2.05) is 59.3 Å². The summed E-state index contributed by atoms with van der Waals surface area (Å²) in [6.07, 6.45) is 3.53. The molecule has 3 N–H and O–H groups in total. The second-order valence-electron chi connectivity index (χ2n) is 7.86. The standard InChI is InChI=1S/C27H19Cl2N5O2/c28-22-10-9-19(16-23(22)29)32-27(36)31-18-7-4-8-20(15-18)34-14-12-21-24(34)11-13-30-25(21)33-26(35)17-5-2-1-3-6-17/h1-16H,(H,30,33,35)(H2,31,32,36). The molecule has 178 valence electrons. The Kier molecular flexibility index (Phi) is 6.58. The first-order chi connectivity index (χ1) is 17.5. The third kappa shape index (κ3) is 5.02. The maximum absolute atomic E-state index is 12.6. The van der Waals surface area contributed by atoms with E-state index >= 15 is 0 Å². The molecule has 3 amide bonds. The molecule has 2 aromatic heterocycles. The van der Waals surface area contributed by atoms with Crippen LogP contribution in [-0.2, 0) is 0 Å². The smallest absolute Gasteiger partial charge is 0.316 e. The molecule has 0 atom stereocenters.